The van der Waals surface area contributed by atoms with Crippen LogP contribution >= 0.6 is 0 Å². The zero-order chi connectivity index (χ0) is 7.56. The maximum atomic E-state index is 10.5. The number of aromatic amines is 2. The summed E-state index contributed by atoms with van der Waals surface area (Å²) in [6, 6.07) is 0. The van der Waals surface area contributed by atoms with Gasteiger partial charge in [-0.3, -0.25) is 9.78 Å². The van der Waals surface area contributed by atoms with E-state index in [2.05, 4.69) is 9.96 Å². The fourth-order valence-corrected chi connectivity index (χ4v) is 0.477. The Morgan fingerprint density at radius 3 is 2.70 bits per heavy atom. The number of hydrogen-bond acceptors (Lipinski definition) is 3. The van der Waals surface area contributed by atoms with Crippen LogP contribution in [0.5, 0.6) is 0 Å². The standard InChI is InChI=1S/C4H2N4O2/c5-8-2-1-6-4(10)7-3(2)9/h1H,(H-,6,7,9,10)/p+1. The third-order valence-electron chi connectivity index (χ3n) is 0.907. The molecule has 0 amide bonds. The Labute approximate surface area is 54.2 Å². The van der Waals surface area contributed by atoms with Crippen LogP contribution in [0, 0.1) is 5.39 Å². The Balaban J connectivity index is 3.53. The predicted molar refractivity (Wildman–Crippen MR) is 32.4 cm³/mol. The fraction of sp³-hybridized carbons (Fsp3) is 0. The van der Waals surface area contributed by atoms with Crippen LogP contribution in [0.15, 0.2) is 15.8 Å². The Morgan fingerprint density at radius 2 is 2.20 bits per heavy atom. The second kappa shape index (κ2) is 2.14. The molecule has 50 valence electrons. The average molecular weight is 139 g/mol. The summed E-state index contributed by atoms with van der Waals surface area (Å²) >= 11 is 0. The molecule has 6 nitrogen and oxygen atoms in total. The van der Waals surface area contributed by atoms with Crippen LogP contribution < -0.4 is 11.2 Å². The van der Waals surface area contributed by atoms with E-state index in [1.165, 1.54) is 0 Å². The molecule has 0 bridgehead atoms. The van der Waals surface area contributed by atoms with Gasteiger partial charge in [0, 0.05) is 0 Å². The lowest BCUT2D eigenvalue weighted by atomic mass is 10.6. The Morgan fingerprint density at radius 1 is 1.50 bits per heavy atom. The molecule has 0 spiro atoms. The molecule has 1 heterocycles. The molecule has 1 rings (SSSR count). The van der Waals surface area contributed by atoms with Gasteiger partial charge in [0.2, 0.25) is 5.39 Å². The fourth-order valence-electron chi connectivity index (χ4n) is 0.477. The van der Waals surface area contributed by atoms with Gasteiger partial charge in [0.1, 0.15) is 6.20 Å². The molecule has 0 radical (unpaired) electrons. The number of rotatable bonds is 0. The van der Waals surface area contributed by atoms with Crippen molar-refractivity contribution in [3.63, 3.8) is 0 Å². The highest BCUT2D eigenvalue weighted by atomic mass is 16.2. The van der Waals surface area contributed by atoms with E-state index in [0.29, 0.717) is 0 Å². The van der Waals surface area contributed by atoms with Crippen LogP contribution in [0.3, 0.4) is 0 Å². The van der Waals surface area contributed by atoms with Crippen molar-refractivity contribution in [2.24, 2.45) is 0 Å². The van der Waals surface area contributed by atoms with E-state index in [0.717, 1.165) is 6.20 Å². The van der Waals surface area contributed by atoms with Gasteiger partial charge in [0.05, 0.1) is 0 Å². The van der Waals surface area contributed by atoms with E-state index in [1.54, 1.807) is 0 Å². The van der Waals surface area contributed by atoms with Gasteiger partial charge in [-0.25, -0.2) is 4.79 Å². The lowest BCUT2D eigenvalue weighted by Gasteiger charge is -1.74. The first-order valence-electron chi connectivity index (χ1n) is 2.41. The van der Waals surface area contributed by atoms with Crippen LogP contribution in [0.1, 0.15) is 0 Å². The number of hydrogen-bond donors (Lipinski definition) is 2. The molecule has 0 aromatic carbocycles. The Kier molecular flexibility index (Phi) is 1.33. The van der Waals surface area contributed by atoms with E-state index in [1.807, 2.05) is 4.98 Å². The predicted octanol–water partition coefficient (Wildman–Crippen LogP) is -0.452. The third kappa shape index (κ3) is 0.925. The number of aromatic nitrogens is 2. The SMILES string of the molecule is N#[N+]c1c[nH]c(=O)[nH]c1=O. The molecule has 0 aliphatic carbocycles. The van der Waals surface area contributed by atoms with Crippen LogP contribution in [0.25, 0.3) is 4.98 Å². The van der Waals surface area contributed by atoms with E-state index in [-0.39, 0.29) is 5.69 Å². The molecule has 0 aliphatic rings. The smallest absolute Gasteiger partial charge is 0.307 e. The minimum Gasteiger partial charge on any atom is -0.307 e. The van der Waals surface area contributed by atoms with Crippen molar-refractivity contribution in [3.05, 3.63) is 32.0 Å². The minimum absolute atomic E-state index is 0.223. The molecule has 0 aliphatic heterocycles. The van der Waals surface area contributed by atoms with Crippen LogP contribution in [0.2, 0.25) is 0 Å². The van der Waals surface area contributed by atoms with Crippen LogP contribution in [-0.2, 0) is 0 Å². The van der Waals surface area contributed by atoms with Crippen molar-refractivity contribution in [2.75, 3.05) is 0 Å². The largest absolute Gasteiger partial charge is 0.465 e. The summed E-state index contributed by atoms with van der Waals surface area (Å²) in [6.07, 6.45) is 1.02. The van der Waals surface area contributed by atoms with Gasteiger partial charge in [0.15, 0.2) is 4.98 Å². The summed E-state index contributed by atoms with van der Waals surface area (Å²) in [6.45, 7) is 0. The van der Waals surface area contributed by atoms with Crippen LogP contribution in [0.4, 0.5) is 5.69 Å². The maximum Gasteiger partial charge on any atom is 0.465 e. The van der Waals surface area contributed by atoms with Gasteiger partial charge >= 0.3 is 16.9 Å². The summed E-state index contributed by atoms with van der Waals surface area (Å²) in [5.74, 6) is 0. The highest BCUT2D eigenvalue weighted by Gasteiger charge is 2.09. The van der Waals surface area contributed by atoms with Gasteiger partial charge in [-0.05, 0) is 0 Å². The third-order valence-corrected chi connectivity index (χ3v) is 0.907. The quantitative estimate of drug-likeness (QED) is 0.476. The molecule has 10 heavy (non-hydrogen) atoms. The topological polar surface area (TPSA) is 93.9 Å². The number of nitrogens with one attached hydrogen (secondary N) is 2. The lowest BCUT2D eigenvalue weighted by Crippen LogP contribution is -2.20. The summed E-state index contributed by atoms with van der Waals surface area (Å²) < 4.78 is 0. The highest BCUT2D eigenvalue weighted by molar-refractivity contribution is 5.36. The van der Waals surface area contributed by atoms with Crippen molar-refractivity contribution >= 4 is 5.69 Å². The van der Waals surface area contributed by atoms with E-state index in [4.69, 9.17) is 5.39 Å². The summed E-state index contributed by atoms with van der Waals surface area (Å²) in [4.78, 5) is 27.5. The molecule has 0 saturated carbocycles. The molecule has 2 N–H and O–H groups in total. The first-order valence-corrected chi connectivity index (χ1v) is 2.41. The molecule has 1 aromatic heterocycles. The van der Waals surface area contributed by atoms with Crippen LogP contribution in [-0.4, -0.2) is 9.97 Å². The number of nitrogens with zero attached hydrogens (tertiary/aromatic N) is 2. The first kappa shape index (κ1) is 6.22. The van der Waals surface area contributed by atoms with E-state index >= 15 is 0 Å². The van der Waals surface area contributed by atoms with Gasteiger partial charge in [0.25, 0.3) is 0 Å². The molecule has 0 unspecified atom stereocenters. The zero-order valence-corrected chi connectivity index (χ0v) is 4.79. The maximum absolute atomic E-state index is 10.5. The van der Waals surface area contributed by atoms with E-state index in [9.17, 15) is 9.59 Å². The molecule has 6 heteroatoms. The monoisotopic (exact) mass is 139 g/mol. The summed E-state index contributed by atoms with van der Waals surface area (Å²) in [7, 11) is 0. The van der Waals surface area contributed by atoms with Gasteiger partial charge in [-0.1, -0.05) is 0 Å². The first-order chi connectivity index (χ1) is 4.74. The Bertz CT molecular complexity index is 381. The van der Waals surface area contributed by atoms with Gasteiger partial charge in [-0.15, -0.1) is 0 Å². The normalized spacial score (nSPS) is 8.70. The second-order valence-corrected chi connectivity index (χ2v) is 1.56. The molecular formula is C4H3N4O2+. The number of diazo groups is 1. The van der Waals surface area contributed by atoms with Crippen molar-refractivity contribution in [2.45, 2.75) is 0 Å². The zero-order valence-electron chi connectivity index (χ0n) is 4.79. The molecule has 0 atom stereocenters. The molecule has 1 aromatic rings. The van der Waals surface area contributed by atoms with Crippen molar-refractivity contribution in [3.8, 4) is 0 Å². The Hall–Kier alpha value is -1.90. The average Bonchev–Trinajstić information content (AvgIpc) is 1.88. The minimum atomic E-state index is -0.716. The molecular weight excluding hydrogens is 136 g/mol. The van der Waals surface area contributed by atoms with Crippen molar-refractivity contribution in [1.82, 2.24) is 9.97 Å². The summed E-state index contributed by atoms with van der Waals surface area (Å²) in [5.41, 5.74) is -1.57. The highest BCUT2D eigenvalue weighted by Crippen LogP contribution is 1.94. The van der Waals surface area contributed by atoms with Crippen molar-refractivity contribution in [1.29, 1.82) is 5.39 Å². The van der Waals surface area contributed by atoms with Gasteiger partial charge < -0.3 is 4.98 Å². The van der Waals surface area contributed by atoms with Gasteiger partial charge in [-0.2, -0.15) is 0 Å². The lowest BCUT2D eigenvalue weighted by molar-refractivity contribution is 1.04. The number of H-pyrrole nitrogens is 2. The molecule has 0 saturated heterocycles. The second-order valence-electron chi connectivity index (χ2n) is 1.56. The molecule has 0 fully saturated rings. The summed E-state index contributed by atoms with van der Waals surface area (Å²) in [5, 5.41) is 8.09. The van der Waals surface area contributed by atoms with E-state index < -0.39 is 11.2 Å². The van der Waals surface area contributed by atoms with Crippen molar-refractivity contribution < 1.29 is 0 Å².